The minimum absolute atomic E-state index is 0.00568. The first-order valence-electron chi connectivity index (χ1n) is 5.90. The molecule has 0 aromatic carbocycles. The van der Waals surface area contributed by atoms with Crippen molar-refractivity contribution in [2.45, 2.75) is 51.6 Å². The molecule has 0 heterocycles. The van der Waals surface area contributed by atoms with Crippen LogP contribution in [0.4, 0.5) is 0 Å². The van der Waals surface area contributed by atoms with Crippen LogP contribution >= 0.6 is 0 Å². The fourth-order valence-corrected chi connectivity index (χ4v) is 1.25. The number of aliphatic hydroxyl groups is 1. The second-order valence-electron chi connectivity index (χ2n) is 3.81. The van der Waals surface area contributed by atoms with E-state index in [2.05, 4.69) is 13.0 Å². The quantitative estimate of drug-likeness (QED) is 0.469. The molecule has 0 radical (unpaired) electrons. The molecule has 0 spiro atoms. The normalized spacial score (nSPS) is 13.6. The molecular weight excluding hydrogens is 204 g/mol. The molecule has 16 heavy (non-hydrogen) atoms. The van der Waals surface area contributed by atoms with Gasteiger partial charge in [0.2, 0.25) is 0 Å². The lowest BCUT2D eigenvalue weighted by molar-refractivity contribution is -0.137. The van der Waals surface area contributed by atoms with E-state index in [0.29, 0.717) is 0 Å². The fraction of sp³-hybridized carbons (Fsp3) is 0.615. The molecule has 0 amide bonds. The topological polar surface area (TPSA) is 57.5 Å². The number of unbranched alkanes of at least 4 members (excludes halogenated alkanes) is 3. The number of aliphatic hydroxyl groups excluding tert-OH is 1. The molecule has 3 heteroatoms. The monoisotopic (exact) mass is 226 g/mol. The molecule has 0 rings (SSSR count). The van der Waals surface area contributed by atoms with Gasteiger partial charge in [-0.3, -0.25) is 4.79 Å². The number of hydrogen-bond donors (Lipinski definition) is 2. The van der Waals surface area contributed by atoms with Crippen LogP contribution in [0.15, 0.2) is 24.3 Å². The summed E-state index contributed by atoms with van der Waals surface area (Å²) in [4.78, 5) is 10.2. The smallest absolute Gasteiger partial charge is 0.303 e. The van der Waals surface area contributed by atoms with Crippen LogP contribution in [0.5, 0.6) is 0 Å². The van der Waals surface area contributed by atoms with Crippen LogP contribution in [0.2, 0.25) is 0 Å². The van der Waals surface area contributed by atoms with Gasteiger partial charge in [0.1, 0.15) is 0 Å². The Balaban J connectivity index is 3.53. The zero-order valence-corrected chi connectivity index (χ0v) is 9.93. The highest BCUT2D eigenvalue weighted by atomic mass is 16.4. The number of rotatable bonds is 9. The molecule has 0 aromatic rings. The van der Waals surface area contributed by atoms with E-state index in [4.69, 9.17) is 5.11 Å². The highest BCUT2D eigenvalue weighted by Crippen LogP contribution is 2.01. The lowest BCUT2D eigenvalue weighted by atomic mass is 10.1. The van der Waals surface area contributed by atoms with Crippen molar-refractivity contribution < 1.29 is 15.0 Å². The number of carboxylic acid groups (broad SMARTS) is 1. The largest absolute Gasteiger partial charge is 0.481 e. The average molecular weight is 226 g/mol. The Bertz CT molecular complexity index is 231. The van der Waals surface area contributed by atoms with E-state index in [-0.39, 0.29) is 12.8 Å². The zero-order valence-electron chi connectivity index (χ0n) is 9.93. The van der Waals surface area contributed by atoms with Crippen molar-refractivity contribution in [3.8, 4) is 0 Å². The van der Waals surface area contributed by atoms with Gasteiger partial charge in [0.25, 0.3) is 0 Å². The Morgan fingerprint density at radius 1 is 1.31 bits per heavy atom. The lowest BCUT2D eigenvalue weighted by Crippen LogP contribution is -2.05. The minimum Gasteiger partial charge on any atom is -0.481 e. The van der Waals surface area contributed by atoms with Crippen molar-refractivity contribution in [3.63, 3.8) is 0 Å². The first-order valence-corrected chi connectivity index (χ1v) is 5.90. The van der Waals surface area contributed by atoms with E-state index < -0.39 is 12.1 Å². The van der Waals surface area contributed by atoms with Crippen LogP contribution in [0.25, 0.3) is 0 Å². The summed E-state index contributed by atoms with van der Waals surface area (Å²) in [6.45, 7) is 2.17. The first-order chi connectivity index (χ1) is 7.66. The maximum absolute atomic E-state index is 10.2. The van der Waals surface area contributed by atoms with Gasteiger partial charge in [-0.25, -0.2) is 0 Å². The SMILES string of the molecule is CCCCC/C=C\C=C\C(O)CCC(=O)O. The molecule has 0 saturated carbocycles. The van der Waals surface area contributed by atoms with Crippen molar-refractivity contribution in [3.05, 3.63) is 24.3 Å². The molecule has 0 saturated heterocycles. The zero-order chi connectivity index (χ0) is 12.2. The van der Waals surface area contributed by atoms with Crippen molar-refractivity contribution in [2.75, 3.05) is 0 Å². The van der Waals surface area contributed by atoms with Gasteiger partial charge in [-0.05, 0) is 19.3 Å². The van der Waals surface area contributed by atoms with Gasteiger partial charge in [-0.1, -0.05) is 44.1 Å². The maximum Gasteiger partial charge on any atom is 0.303 e. The number of carboxylic acids is 1. The molecule has 0 fully saturated rings. The molecule has 1 atom stereocenters. The summed E-state index contributed by atoms with van der Waals surface area (Å²) in [5, 5.41) is 17.8. The number of allylic oxidation sites excluding steroid dienone is 3. The van der Waals surface area contributed by atoms with E-state index in [9.17, 15) is 9.90 Å². The van der Waals surface area contributed by atoms with E-state index in [1.807, 2.05) is 6.08 Å². The van der Waals surface area contributed by atoms with Crippen LogP contribution in [-0.2, 0) is 4.79 Å². The van der Waals surface area contributed by atoms with Gasteiger partial charge >= 0.3 is 5.97 Å². The molecule has 1 unspecified atom stereocenters. The molecule has 2 N–H and O–H groups in total. The summed E-state index contributed by atoms with van der Waals surface area (Å²) in [5.74, 6) is -0.873. The molecule has 0 aliphatic rings. The molecule has 0 bridgehead atoms. The van der Waals surface area contributed by atoms with Crippen molar-refractivity contribution >= 4 is 5.97 Å². The molecule has 0 aliphatic carbocycles. The third-order valence-electron chi connectivity index (χ3n) is 2.21. The Labute approximate surface area is 97.5 Å². The standard InChI is InChI=1S/C13H22O3/c1-2-3-4-5-6-7-8-9-12(14)10-11-13(15)16/h6-9,12,14H,2-5,10-11H2,1H3,(H,15,16)/b7-6-,9-8+. The van der Waals surface area contributed by atoms with Crippen molar-refractivity contribution in [2.24, 2.45) is 0 Å². The second kappa shape index (κ2) is 10.4. The molecule has 0 aliphatic heterocycles. The van der Waals surface area contributed by atoms with Crippen LogP contribution in [0.3, 0.4) is 0 Å². The molecule has 92 valence electrons. The first kappa shape index (κ1) is 14.9. The predicted octanol–water partition coefficient (Wildman–Crippen LogP) is 2.90. The average Bonchev–Trinajstić information content (AvgIpc) is 2.25. The van der Waals surface area contributed by atoms with Gasteiger partial charge in [-0.15, -0.1) is 0 Å². The van der Waals surface area contributed by atoms with Crippen molar-refractivity contribution in [1.82, 2.24) is 0 Å². The Morgan fingerprint density at radius 2 is 2.06 bits per heavy atom. The van der Waals surface area contributed by atoms with Gasteiger partial charge < -0.3 is 10.2 Å². The van der Waals surface area contributed by atoms with Gasteiger partial charge in [0.15, 0.2) is 0 Å². The molecule has 3 nitrogen and oxygen atoms in total. The summed E-state index contributed by atoms with van der Waals surface area (Å²) in [6, 6.07) is 0. The Hall–Kier alpha value is -1.09. The van der Waals surface area contributed by atoms with Crippen LogP contribution in [0.1, 0.15) is 45.4 Å². The van der Waals surface area contributed by atoms with Gasteiger partial charge in [-0.2, -0.15) is 0 Å². The number of aliphatic carboxylic acids is 1. The number of carbonyl (C=O) groups is 1. The third-order valence-corrected chi connectivity index (χ3v) is 2.21. The minimum atomic E-state index is -0.873. The Morgan fingerprint density at radius 3 is 2.69 bits per heavy atom. The van der Waals surface area contributed by atoms with Gasteiger partial charge in [0, 0.05) is 6.42 Å². The summed E-state index contributed by atoms with van der Waals surface area (Å²) >= 11 is 0. The Kier molecular flexibility index (Phi) is 9.72. The second-order valence-corrected chi connectivity index (χ2v) is 3.81. The number of hydrogen-bond acceptors (Lipinski definition) is 2. The predicted molar refractivity (Wildman–Crippen MR) is 65.3 cm³/mol. The third kappa shape index (κ3) is 11.0. The molecular formula is C13H22O3. The summed E-state index contributed by atoms with van der Waals surface area (Å²) in [7, 11) is 0. The van der Waals surface area contributed by atoms with E-state index in [0.717, 1.165) is 6.42 Å². The highest BCUT2D eigenvalue weighted by molar-refractivity contribution is 5.66. The van der Waals surface area contributed by atoms with Gasteiger partial charge in [0.05, 0.1) is 6.10 Å². The highest BCUT2D eigenvalue weighted by Gasteiger charge is 2.02. The van der Waals surface area contributed by atoms with E-state index in [1.165, 1.54) is 19.3 Å². The van der Waals surface area contributed by atoms with Crippen molar-refractivity contribution in [1.29, 1.82) is 0 Å². The van der Waals surface area contributed by atoms with E-state index >= 15 is 0 Å². The van der Waals surface area contributed by atoms with Crippen LogP contribution in [0, 0.1) is 0 Å². The van der Waals surface area contributed by atoms with E-state index in [1.54, 1.807) is 12.2 Å². The summed E-state index contributed by atoms with van der Waals surface area (Å²) < 4.78 is 0. The molecule has 0 aromatic heterocycles. The lowest BCUT2D eigenvalue weighted by Gasteiger charge is -2.00. The fourth-order valence-electron chi connectivity index (χ4n) is 1.25. The summed E-state index contributed by atoms with van der Waals surface area (Å²) in [6.07, 6.45) is 11.7. The maximum atomic E-state index is 10.2. The van der Waals surface area contributed by atoms with Crippen LogP contribution < -0.4 is 0 Å². The van der Waals surface area contributed by atoms with Crippen LogP contribution in [-0.4, -0.2) is 22.3 Å². The summed E-state index contributed by atoms with van der Waals surface area (Å²) in [5.41, 5.74) is 0.